The van der Waals surface area contributed by atoms with E-state index in [1.54, 1.807) is 14.2 Å². The van der Waals surface area contributed by atoms with E-state index in [0.717, 1.165) is 28.0 Å². The molecule has 0 bridgehead atoms. The van der Waals surface area contributed by atoms with Gasteiger partial charge in [0.15, 0.2) is 0 Å². The van der Waals surface area contributed by atoms with Crippen LogP contribution in [0.4, 0.5) is 0 Å². The fraction of sp³-hybridized carbons (Fsp3) is 0.538. The molecular weight excluding hydrogens is 318 g/mol. The summed E-state index contributed by atoms with van der Waals surface area (Å²) in [4.78, 5) is 0. The third kappa shape index (κ3) is 4.34. The van der Waals surface area contributed by atoms with Gasteiger partial charge in [0.2, 0.25) is 0 Å². The highest BCUT2D eigenvalue weighted by molar-refractivity contribution is 9.10. The number of methoxy groups -OCH3 is 2. The SMILES string of the molecule is COc1cc([C@H](N)CC(C)C)c(OC)cc1Br.Cl. The molecule has 0 aliphatic heterocycles. The first-order chi connectivity index (χ1) is 7.99. The molecule has 0 amide bonds. The Hall–Kier alpha value is -0.450. The van der Waals surface area contributed by atoms with Gasteiger partial charge in [-0.2, -0.15) is 0 Å². The number of nitrogens with two attached hydrogens (primary N) is 1. The van der Waals surface area contributed by atoms with Gasteiger partial charge in [0.25, 0.3) is 0 Å². The first kappa shape index (κ1) is 17.6. The van der Waals surface area contributed by atoms with E-state index in [0.29, 0.717) is 5.92 Å². The number of rotatable bonds is 5. The highest BCUT2D eigenvalue weighted by atomic mass is 79.9. The highest BCUT2D eigenvalue weighted by Gasteiger charge is 2.16. The van der Waals surface area contributed by atoms with Crippen LogP contribution >= 0.6 is 28.3 Å². The molecule has 0 unspecified atom stereocenters. The normalized spacial score (nSPS) is 11.9. The van der Waals surface area contributed by atoms with E-state index >= 15 is 0 Å². The zero-order valence-corrected chi connectivity index (χ0v) is 13.6. The Labute approximate surface area is 124 Å². The lowest BCUT2D eigenvalue weighted by Crippen LogP contribution is -2.14. The highest BCUT2D eigenvalue weighted by Crippen LogP contribution is 2.36. The van der Waals surface area contributed by atoms with Gasteiger partial charge >= 0.3 is 0 Å². The summed E-state index contributed by atoms with van der Waals surface area (Å²) in [6.07, 6.45) is 0.918. The van der Waals surface area contributed by atoms with Crippen LogP contribution in [0.2, 0.25) is 0 Å². The lowest BCUT2D eigenvalue weighted by atomic mass is 9.97. The molecule has 0 aliphatic rings. The van der Waals surface area contributed by atoms with Crippen molar-refractivity contribution < 1.29 is 9.47 Å². The Morgan fingerprint density at radius 1 is 1.17 bits per heavy atom. The molecule has 0 radical (unpaired) electrons. The minimum atomic E-state index is -0.0352. The molecule has 5 heteroatoms. The van der Waals surface area contributed by atoms with E-state index < -0.39 is 0 Å². The number of benzene rings is 1. The van der Waals surface area contributed by atoms with Crippen molar-refractivity contribution in [1.29, 1.82) is 0 Å². The van der Waals surface area contributed by atoms with E-state index in [2.05, 4.69) is 29.8 Å². The third-order valence-electron chi connectivity index (χ3n) is 2.63. The van der Waals surface area contributed by atoms with Crippen molar-refractivity contribution >= 4 is 28.3 Å². The number of hydrogen-bond acceptors (Lipinski definition) is 3. The maximum atomic E-state index is 6.20. The summed E-state index contributed by atoms with van der Waals surface area (Å²) in [6.45, 7) is 4.31. The molecule has 0 aliphatic carbocycles. The van der Waals surface area contributed by atoms with Crippen LogP contribution in [0.5, 0.6) is 11.5 Å². The lowest BCUT2D eigenvalue weighted by Gasteiger charge is -2.19. The average molecular weight is 339 g/mol. The topological polar surface area (TPSA) is 44.5 Å². The second kappa shape index (κ2) is 7.87. The van der Waals surface area contributed by atoms with Crippen LogP contribution in [-0.4, -0.2) is 14.2 Å². The molecule has 0 saturated carbocycles. The van der Waals surface area contributed by atoms with Gasteiger partial charge in [-0.15, -0.1) is 12.4 Å². The van der Waals surface area contributed by atoms with Crippen molar-refractivity contribution in [2.75, 3.05) is 14.2 Å². The smallest absolute Gasteiger partial charge is 0.133 e. The van der Waals surface area contributed by atoms with Crippen molar-refractivity contribution in [3.8, 4) is 11.5 Å². The molecule has 18 heavy (non-hydrogen) atoms. The summed E-state index contributed by atoms with van der Waals surface area (Å²) >= 11 is 3.44. The number of halogens is 2. The van der Waals surface area contributed by atoms with Gasteiger partial charge in [0, 0.05) is 11.6 Å². The van der Waals surface area contributed by atoms with E-state index in [9.17, 15) is 0 Å². The molecule has 1 aromatic carbocycles. The average Bonchev–Trinajstić information content (AvgIpc) is 2.27. The molecule has 0 heterocycles. The van der Waals surface area contributed by atoms with Crippen LogP contribution in [-0.2, 0) is 0 Å². The predicted molar refractivity (Wildman–Crippen MR) is 80.9 cm³/mol. The minimum absolute atomic E-state index is 0. The van der Waals surface area contributed by atoms with Crippen molar-refractivity contribution in [1.82, 2.24) is 0 Å². The molecule has 3 nitrogen and oxygen atoms in total. The van der Waals surface area contributed by atoms with E-state index in [1.165, 1.54) is 0 Å². The molecule has 1 atom stereocenters. The van der Waals surface area contributed by atoms with Crippen molar-refractivity contribution in [2.45, 2.75) is 26.3 Å². The Morgan fingerprint density at radius 2 is 1.72 bits per heavy atom. The zero-order chi connectivity index (χ0) is 13.0. The second-order valence-electron chi connectivity index (χ2n) is 4.46. The van der Waals surface area contributed by atoms with Gasteiger partial charge < -0.3 is 15.2 Å². The maximum Gasteiger partial charge on any atom is 0.133 e. The third-order valence-corrected chi connectivity index (χ3v) is 3.25. The molecule has 0 saturated heterocycles. The fourth-order valence-electron chi connectivity index (χ4n) is 1.81. The van der Waals surface area contributed by atoms with E-state index in [1.807, 2.05) is 12.1 Å². The van der Waals surface area contributed by atoms with Gasteiger partial charge in [0.05, 0.1) is 18.7 Å². The van der Waals surface area contributed by atoms with Crippen molar-refractivity contribution in [3.63, 3.8) is 0 Å². The van der Waals surface area contributed by atoms with Crippen LogP contribution in [0.15, 0.2) is 16.6 Å². The van der Waals surface area contributed by atoms with Gasteiger partial charge in [-0.1, -0.05) is 13.8 Å². The molecular formula is C13H21BrClNO2. The molecule has 0 spiro atoms. The minimum Gasteiger partial charge on any atom is -0.496 e. The first-order valence-corrected chi connectivity index (χ1v) is 6.45. The van der Waals surface area contributed by atoms with E-state index in [-0.39, 0.29) is 18.4 Å². The quantitative estimate of drug-likeness (QED) is 0.884. The van der Waals surface area contributed by atoms with E-state index in [4.69, 9.17) is 15.2 Å². The number of ether oxygens (including phenoxy) is 2. The molecule has 0 aromatic heterocycles. The first-order valence-electron chi connectivity index (χ1n) is 5.66. The maximum absolute atomic E-state index is 6.20. The summed E-state index contributed by atoms with van der Waals surface area (Å²) in [7, 11) is 3.30. The van der Waals surface area contributed by atoms with Crippen molar-refractivity contribution in [3.05, 3.63) is 22.2 Å². The summed E-state index contributed by atoms with van der Waals surface area (Å²) in [6, 6.07) is 3.80. The van der Waals surface area contributed by atoms with Crippen molar-refractivity contribution in [2.24, 2.45) is 11.7 Å². The monoisotopic (exact) mass is 337 g/mol. The van der Waals surface area contributed by atoms with Crippen LogP contribution in [0, 0.1) is 5.92 Å². The molecule has 1 rings (SSSR count). The fourth-order valence-corrected chi connectivity index (χ4v) is 2.29. The molecule has 1 aromatic rings. The Kier molecular flexibility index (Phi) is 7.67. The van der Waals surface area contributed by atoms with Gasteiger partial charge in [-0.25, -0.2) is 0 Å². The van der Waals surface area contributed by atoms with Crippen LogP contribution in [0.1, 0.15) is 31.9 Å². The summed E-state index contributed by atoms with van der Waals surface area (Å²) in [5, 5.41) is 0. The molecule has 0 fully saturated rings. The lowest BCUT2D eigenvalue weighted by molar-refractivity contribution is 0.388. The summed E-state index contributed by atoms with van der Waals surface area (Å²) < 4.78 is 11.5. The second-order valence-corrected chi connectivity index (χ2v) is 5.32. The van der Waals surface area contributed by atoms with Crippen LogP contribution in [0.25, 0.3) is 0 Å². The standard InChI is InChI=1S/C13H20BrNO2.ClH/c1-8(2)5-11(15)9-6-13(17-4)10(14)7-12(9)16-3;/h6-8,11H,5,15H2,1-4H3;1H/t11-;/m1./s1. The Balaban J connectivity index is 0.00000289. The summed E-state index contributed by atoms with van der Waals surface area (Å²) in [5.41, 5.74) is 7.18. The van der Waals surface area contributed by atoms with Crippen LogP contribution in [0.3, 0.4) is 0 Å². The Morgan fingerprint density at radius 3 is 2.17 bits per heavy atom. The molecule has 104 valence electrons. The largest absolute Gasteiger partial charge is 0.496 e. The van der Waals surface area contributed by atoms with Gasteiger partial charge in [-0.05, 0) is 40.4 Å². The molecule has 2 N–H and O–H groups in total. The predicted octanol–water partition coefficient (Wildman–Crippen LogP) is 3.93. The number of hydrogen-bond donors (Lipinski definition) is 1. The zero-order valence-electron chi connectivity index (χ0n) is 11.2. The van der Waals surface area contributed by atoms with Gasteiger partial charge in [-0.3, -0.25) is 0 Å². The van der Waals surface area contributed by atoms with Crippen LogP contribution < -0.4 is 15.2 Å². The Bertz CT molecular complexity index is 385. The van der Waals surface area contributed by atoms with Gasteiger partial charge in [0.1, 0.15) is 11.5 Å². The summed E-state index contributed by atoms with van der Waals surface area (Å²) in [5.74, 6) is 2.12.